The lowest BCUT2D eigenvalue weighted by Crippen LogP contribution is -2.33. The number of esters is 1. The first-order valence-electron chi connectivity index (χ1n) is 8.16. The molecule has 1 unspecified atom stereocenters. The molecule has 2 aromatic rings. The zero-order valence-electron chi connectivity index (χ0n) is 14.0. The van der Waals surface area contributed by atoms with Gasteiger partial charge in [0.15, 0.2) is 0 Å². The SMILES string of the molecule is C[C@H]1[C@H](C)C(n2ccc(=O)[nH]c2=O)O[C@@H]1COC(=O)c1ccccc1. The molecule has 0 bridgehead atoms. The van der Waals surface area contributed by atoms with Crippen LogP contribution in [0.15, 0.2) is 52.2 Å². The monoisotopic (exact) mass is 344 g/mol. The molecular formula is C18H20N2O5. The number of ether oxygens (including phenoxy) is 2. The Kier molecular flexibility index (Phi) is 4.85. The molecule has 7 nitrogen and oxygen atoms in total. The average Bonchev–Trinajstić information content (AvgIpc) is 2.89. The molecule has 7 heteroatoms. The highest BCUT2D eigenvalue weighted by Gasteiger charge is 2.41. The first-order valence-corrected chi connectivity index (χ1v) is 8.16. The maximum absolute atomic E-state index is 12.1. The number of nitrogens with one attached hydrogen (secondary N) is 1. The second-order valence-corrected chi connectivity index (χ2v) is 6.27. The minimum atomic E-state index is -0.515. The van der Waals surface area contributed by atoms with E-state index < -0.39 is 23.4 Å². The summed E-state index contributed by atoms with van der Waals surface area (Å²) in [5.41, 5.74) is -0.485. The zero-order valence-corrected chi connectivity index (χ0v) is 14.0. The standard InChI is InChI=1S/C18H20N2O5/c1-11-12(2)16(20-9-8-15(21)19-18(20)23)25-14(11)10-24-17(22)13-6-4-3-5-7-13/h3-9,11-12,14,16H,10H2,1-2H3,(H,19,21,23)/t11-,12-,14+,16?/m0/s1. The molecule has 132 valence electrons. The van der Waals surface area contributed by atoms with Crippen molar-refractivity contribution in [2.75, 3.05) is 6.61 Å². The van der Waals surface area contributed by atoms with E-state index in [-0.39, 0.29) is 24.5 Å². The molecule has 1 aliphatic heterocycles. The molecule has 1 aliphatic rings. The number of hydrogen-bond donors (Lipinski definition) is 1. The Morgan fingerprint density at radius 2 is 1.88 bits per heavy atom. The Balaban J connectivity index is 1.69. The first-order chi connectivity index (χ1) is 12.0. The number of benzene rings is 1. The van der Waals surface area contributed by atoms with Gasteiger partial charge in [0.1, 0.15) is 12.8 Å². The summed E-state index contributed by atoms with van der Waals surface area (Å²) in [5.74, 6) is -0.315. The summed E-state index contributed by atoms with van der Waals surface area (Å²) < 4.78 is 12.7. The van der Waals surface area contributed by atoms with Gasteiger partial charge in [-0.05, 0) is 18.1 Å². The quantitative estimate of drug-likeness (QED) is 0.850. The van der Waals surface area contributed by atoms with Crippen molar-refractivity contribution in [2.45, 2.75) is 26.2 Å². The van der Waals surface area contributed by atoms with E-state index in [2.05, 4.69) is 4.98 Å². The van der Waals surface area contributed by atoms with Crippen molar-refractivity contribution in [3.05, 3.63) is 69.0 Å². The van der Waals surface area contributed by atoms with Gasteiger partial charge in [0.2, 0.25) is 0 Å². The molecule has 0 aliphatic carbocycles. The minimum absolute atomic E-state index is 0.0176. The third-order valence-electron chi connectivity index (χ3n) is 4.69. The Morgan fingerprint density at radius 1 is 1.16 bits per heavy atom. The van der Waals surface area contributed by atoms with E-state index in [9.17, 15) is 14.4 Å². The van der Waals surface area contributed by atoms with E-state index in [4.69, 9.17) is 9.47 Å². The molecular weight excluding hydrogens is 324 g/mol. The highest BCUT2D eigenvalue weighted by atomic mass is 16.6. The summed E-state index contributed by atoms with van der Waals surface area (Å²) in [6.45, 7) is 4.06. The normalized spacial score (nSPS) is 25.7. The average molecular weight is 344 g/mol. The van der Waals surface area contributed by atoms with Gasteiger partial charge in [-0.1, -0.05) is 32.0 Å². The molecule has 1 saturated heterocycles. The summed E-state index contributed by atoms with van der Waals surface area (Å²) in [6.07, 6.45) is 0.583. The number of carbonyl (C=O) groups is 1. The lowest BCUT2D eigenvalue weighted by atomic mass is 9.93. The molecule has 0 radical (unpaired) electrons. The number of H-pyrrole nitrogens is 1. The molecule has 2 heterocycles. The van der Waals surface area contributed by atoms with Crippen molar-refractivity contribution < 1.29 is 14.3 Å². The molecule has 0 saturated carbocycles. The van der Waals surface area contributed by atoms with Crippen LogP contribution in [0.4, 0.5) is 0 Å². The van der Waals surface area contributed by atoms with Gasteiger partial charge in [0.05, 0.1) is 11.7 Å². The van der Waals surface area contributed by atoms with Crippen LogP contribution < -0.4 is 11.2 Å². The fourth-order valence-electron chi connectivity index (χ4n) is 2.98. The molecule has 25 heavy (non-hydrogen) atoms. The van der Waals surface area contributed by atoms with Crippen molar-refractivity contribution >= 4 is 5.97 Å². The number of carbonyl (C=O) groups excluding carboxylic acids is 1. The van der Waals surface area contributed by atoms with Gasteiger partial charge in [-0.15, -0.1) is 0 Å². The van der Waals surface area contributed by atoms with E-state index in [0.29, 0.717) is 5.56 Å². The van der Waals surface area contributed by atoms with E-state index in [0.717, 1.165) is 0 Å². The van der Waals surface area contributed by atoms with E-state index in [1.165, 1.54) is 16.8 Å². The molecule has 4 atom stereocenters. The van der Waals surface area contributed by atoms with Gasteiger partial charge in [0, 0.05) is 18.2 Å². The van der Waals surface area contributed by atoms with Gasteiger partial charge in [-0.3, -0.25) is 14.3 Å². The predicted molar refractivity (Wildman–Crippen MR) is 90.3 cm³/mol. The van der Waals surface area contributed by atoms with Crippen molar-refractivity contribution in [3.8, 4) is 0 Å². The van der Waals surface area contributed by atoms with Gasteiger partial charge in [0.25, 0.3) is 5.56 Å². The summed E-state index contributed by atoms with van der Waals surface area (Å²) in [7, 11) is 0. The van der Waals surface area contributed by atoms with Crippen LogP contribution in [0.2, 0.25) is 0 Å². The van der Waals surface area contributed by atoms with Crippen LogP contribution in [0.3, 0.4) is 0 Å². The molecule has 0 amide bonds. The third-order valence-corrected chi connectivity index (χ3v) is 4.69. The minimum Gasteiger partial charge on any atom is -0.459 e. The molecule has 0 spiro atoms. The van der Waals surface area contributed by atoms with Crippen LogP contribution in [-0.4, -0.2) is 28.2 Å². The highest BCUT2D eigenvalue weighted by Crippen LogP contribution is 2.38. The van der Waals surface area contributed by atoms with Crippen LogP contribution in [0, 0.1) is 11.8 Å². The van der Waals surface area contributed by atoms with Crippen LogP contribution in [-0.2, 0) is 9.47 Å². The smallest absolute Gasteiger partial charge is 0.338 e. The fourth-order valence-corrected chi connectivity index (χ4v) is 2.98. The first kappa shape index (κ1) is 17.2. The van der Waals surface area contributed by atoms with Crippen LogP contribution in [0.25, 0.3) is 0 Å². The van der Waals surface area contributed by atoms with Crippen LogP contribution in [0.1, 0.15) is 30.4 Å². The lowest BCUT2D eigenvalue weighted by Gasteiger charge is -2.18. The summed E-state index contributed by atoms with van der Waals surface area (Å²) in [6, 6.07) is 10.0. The zero-order chi connectivity index (χ0) is 18.0. The molecule has 1 fully saturated rings. The van der Waals surface area contributed by atoms with Crippen molar-refractivity contribution in [3.63, 3.8) is 0 Å². The van der Waals surface area contributed by atoms with Crippen LogP contribution >= 0.6 is 0 Å². The molecule has 3 rings (SSSR count). The topological polar surface area (TPSA) is 90.4 Å². The van der Waals surface area contributed by atoms with Gasteiger partial charge in [-0.25, -0.2) is 9.59 Å². The predicted octanol–water partition coefficient (Wildman–Crippen LogP) is 1.56. The number of aromatic amines is 1. The molecule has 1 aromatic heterocycles. The van der Waals surface area contributed by atoms with E-state index in [1.54, 1.807) is 24.3 Å². The third kappa shape index (κ3) is 3.56. The molecule has 1 aromatic carbocycles. The second-order valence-electron chi connectivity index (χ2n) is 6.27. The maximum atomic E-state index is 12.1. The lowest BCUT2D eigenvalue weighted by molar-refractivity contribution is -0.0450. The Labute approximate surface area is 144 Å². The van der Waals surface area contributed by atoms with Gasteiger partial charge in [-0.2, -0.15) is 0 Å². The number of nitrogens with zero attached hydrogens (tertiary/aromatic N) is 1. The van der Waals surface area contributed by atoms with Gasteiger partial charge < -0.3 is 9.47 Å². The van der Waals surface area contributed by atoms with Crippen LogP contribution in [0.5, 0.6) is 0 Å². The molecule has 1 N–H and O–H groups in total. The van der Waals surface area contributed by atoms with Crippen molar-refractivity contribution in [1.29, 1.82) is 0 Å². The maximum Gasteiger partial charge on any atom is 0.338 e. The van der Waals surface area contributed by atoms with Gasteiger partial charge >= 0.3 is 11.7 Å². The van der Waals surface area contributed by atoms with E-state index in [1.807, 2.05) is 19.9 Å². The van der Waals surface area contributed by atoms with Crippen molar-refractivity contribution in [1.82, 2.24) is 9.55 Å². The summed E-state index contributed by atoms with van der Waals surface area (Å²) >= 11 is 0. The fraction of sp³-hybridized carbons (Fsp3) is 0.389. The Bertz CT molecular complexity index is 858. The van der Waals surface area contributed by atoms with E-state index >= 15 is 0 Å². The second kappa shape index (κ2) is 7.06. The highest BCUT2D eigenvalue weighted by molar-refractivity contribution is 5.89. The summed E-state index contributed by atoms with van der Waals surface area (Å²) in [4.78, 5) is 37.5. The summed E-state index contributed by atoms with van der Waals surface area (Å²) in [5, 5.41) is 0. The van der Waals surface area contributed by atoms with Crippen molar-refractivity contribution in [2.24, 2.45) is 11.8 Å². The number of rotatable bonds is 4. The number of aromatic nitrogens is 2. The number of hydrogen-bond acceptors (Lipinski definition) is 5. The largest absolute Gasteiger partial charge is 0.459 e. The Hall–Kier alpha value is -2.67. The Morgan fingerprint density at radius 3 is 2.56 bits per heavy atom.